The highest BCUT2D eigenvalue weighted by molar-refractivity contribution is 7.23. The minimum Gasteiger partial charge on any atom is -0.463 e. The molecule has 16 rings (SSSR count). The van der Waals surface area contributed by atoms with Gasteiger partial charge in [0.15, 0.2) is 8.07 Å². The third-order valence-corrected chi connectivity index (χ3v) is 21.4. The summed E-state index contributed by atoms with van der Waals surface area (Å²) in [6.07, 6.45) is 3.07. The van der Waals surface area contributed by atoms with Crippen LogP contribution in [0.3, 0.4) is 0 Å². The number of rotatable bonds is 2. The lowest BCUT2D eigenvalue weighted by Crippen LogP contribution is -2.80. The molecule has 0 saturated carbocycles. The maximum absolute atomic E-state index is 7.02. The van der Waals surface area contributed by atoms with Gasteiger partial charge in [-0.2, -0.15) is 0 Å². The van der Waals surface area contributed by atoms with E-state index in [0.717, 1.165) is 73.6 Å². The third-order valence-electron chi connectivity index (χ3n) is 16.6. The number of allylic oxidation sites excluding steroid dienone is 1. The molecule has 0 bridgehead atoms. The fourth-order valence-electron chi connectivity index (χ4n) is 13.7. The number of benzene rings is 9. The standard InChI is InChI=1S/C64H46B2N2O4Si/c1-37-21-25-47-59(29-37)73(60-30-38(2)22-26-48(60)67(47)41-33-55-63-56(34-41)70-52-18-10-6-14-44(52)65(63)43-13-5-9-17-51(43)69-55)61-31-39(3)23-27-49(61)68(50-28-24-40(4)32-62(50)73)42-35-57-64-58(36-42)72-54-20-12-8-16-46(54)66(64)45-15-7-11-19-53(45)71-57/h5-35,42H,36H2,1-4H3. The fourth-order valence-corrected chi connectivity index (χ4v) is 19.5. The number of aryl methyl sites for hydroxylation is 4. The first-order chi connectivity index (χ1) is 35.8. The quantitative estimate of drug-likeness (QED) is 0.162. The molecule has 0 N–H and O–H groups in total. The number of hydrogen-bond donors (Lipinski definition) is 0. The lowest BCUT2D eigenvalue weighted by molar-refractivity contribution is 0.364. The van der Waals surface area contributed by atoms with Crippen molar-refractivity contribution in [1.29, 1.82) is 0 Å². The number of hydrogen-bond acceptors (Lipinski definition) is 6. The smallest absolute Gasteiger partial charge is 0.260 e. The second-order valence-corrected chi connectivity index (χ2v) is 24.6. The molecule has 6 aliphatic heterocycles. The molecule has 0 amide bonds. The molecule has 0 saturated heterocycles. The van der Waals surface area contributed by atoms with Crippen LogP contribution in [-0.4, -0.2) is 27.5 Å². The molecule has 9 aromatic carbocycles. The second kappa shape index (κ2) is 14.8. The summed E-state index contributed by atoms with van der Waals surface area (Å²) in [6.45, 7) is 9.03. The fraction of sp³-hybridized carbons (Fsp3) is 0.0938. The molecule has 1 unspecified atom stereocenters. The van der Waals surface area contributed by atoms with E-state index in [-0.39, 0.29) is 19.5 Å². The van der Waals surface area contributed by atoms with Gasteiger partial charge in [0.1, 0.15) is 46.0 Å². The molecule has 1 atom stereocenters. The van der Waals surface area contributed by atoms with Gasteiger partial charge < -0.3 is 28.7 Å². The molecule has 7 aliphatic rings. The van der Waals surface area contributed by atoms with Gasteiger partial charge in [-0.15, -0.1) is 0 Å². The van der Waals surface area contributed by atoms with Crippen LogP contribution in [-0.2, 0) is 0 Å². The van der Waals surface area contributed by atoms with Gasteiger partial charge in [-0.05, 0) is 125 Å². The van der Waals surface area contributed by atoms with E-state index in [4.69, 9.17) is 18.9 Å². The Morgan fingerprint density at radius 2 is 0.836 bits per heavy atom. The summed E-state index contributed by atoms with van der Waals surface area (Å²) in [7, 11) is -3.20. The van der Waals surface area contributed by atoms with Gasteiger partial charge >= 0.3 is 0 Å². The first-order valence-electron chi connectivity index (χ1n) is 25.5. The van der Waals surface area contributed by atoms with E-state index < -0.39 is 8.07 Å². The van der Waals surface area contributed by atoms with Crippen LogP contribution in [0.15, 0.2) is 205 Å². The number of nitrogens with zero attached hydrogens (tertiary/aromatic N) is 2. The van der Waals surface area contributed by atoms with Gasteiger partial charge in [0, 0.05) is 52.2 Å². The van der Waals surface area contributed by atoms with Crippen LogP contribution >= 0.6 is 0 Å². The maximum Gasteiger partial charge on any atom is 0.260 e. The van der Waals surface area contributed by atoms with Crippen molar-refractivity contribution in [3.8, 4) is 34.5 Å². The van der Waals surface area contributed by atoms with Crippen molar-refractivity contribution in [2.24, 2.45) is 0 Å². The average molecular weight is 957 g/mol. The Morgan fingerprint density at radius 3 is 1.33 bits per heavy atom. The van der Waals surface area contributed by atoms with Crippen molar-refractivity contribution < 1.29 is 18.9 Å². The largest absolute Gasteiger partial charge is 0.463 e. The Bertz CT molecular complexity index is 3850. The van der Waals surface area contributed by atoms with Crippen molar-refractivity contribution in [3.05, 3.63) is 227 Å². The van der Waals surface area contributed by atoms with E-state index in [0.29, 0.717) is 6.42 Å². The zero-order valence-electron chi connectivity index (χ0n) is 40.9. The van der Waals surface area contributed by atoms with Crippen LogP contribution in [0, 0.1) is 27.7 Å². The number of fused-ring (bicyclic) bond motifs is 16. The summed E-state index contributed by atoms with van der Waals surface area (Å²) < 4.78 is 27.9. The number of anilines is 5. The SMILES string of the molecule is Cc1ccc2c(c1)[Si]1(c3cc(C)ccc3N2c2cc3c4c(c2)Oc2ccccc2B4c2ccccc2O3)c2cc(C)ccc2N(C2C=C3Oc4ccccc4B4C3=C(C2)Oc2ccccc24)c2ccc(C)cc21. The van der Waals surface area contributed by atoms with Crippen LogP contribution in [0.4, 0.5) is 28.4 Å². The number of ether oxygens (including phenoxy) is 4. The van der Waals surface area contributed by atoms with Crippen molar-refractivity contribution in [3.63, 3.8) is 0 Å². The van der Waals surface area contributed by atoms with E-state index >= 15 is 0 Å². The van der Waals surface area contributed by atoms with Gasteiger partial charge in [0.25, 0.3) is 13.4 Å². The van der Waals surface area contributed by atoms with Gasteiger partial charge in [0.2, 0.25) is 0 Å². The minimum atomic E-state index is -3.20. The summed E-state index contributed by atoms with van der Waals surface area (Å²) in [5, 5.41) is 5.49. The molecular formula is C64H46B2N2O4Si. The molecule has 0 radical (unpaired) electrons. The summed E-state index contributed by atoms with van der Waals surface area (Å²) >= 11 is 0. The van der Waals surface area contributed by atoms with E-state index in [2.05, 4.69) is 226 Å². The Kier molecular flexibility index (Phi) is 8.39. The minimum absolute atomic E-state index is 0.00869. The molecule has 0 aromatic heterocycles. The molecule has 1 spiro atoms. The van der Waals surface area contributed by atoms with Crippen molar-refractivity contribution >= 4 is 98.0 Å². The maximum atomic E-state index is 7.02. The van der Waals surface area contributed by atoms with Crippen LogP contribution in [0.1, 0.15) is 28.7 Å². The second-order valence-electron chi connectivity index (χ2n) is 21.0. The monoisotopic (exact) mass is 956 g/mol. The zero-order chi connectivity index (χ0) is 48.4. The lowest BCUT2D eigenvalue weighted by atomic mass is 9.33. The van der Waals surface area contributed by atoms with Crippen LogP contribution in [0.5, 0.6) is 34.5 Å². The van der Waals surface area contributed by atoms with Crippen LogP contribution < -0.4 is 76.8 Å². The first kappa shape index (κ1) is 41.2. The highest BCUT2D eigenvalue weighted by Crippen LogP contribution is 2.48. The molecule has 6 heterocycles. The molecule has 9 heteroatoms. The number of para-hydroxylation sites is 4. The Balaban J connectivity index is 0.918. The molecule has 73 heavy (non-hydrogen) atoms. The lowest BCUT2D eigenvalue weighted by Gasteiger charge is -2.52. The van der Waals surface area contributed by atoms with E-state index in [1.807, 2.05) is 0 Å². The van der Waals surface area contributed by atoms with Crippen molar-refractivity contribution in [2.45, 2.75) is 40.2 Å². The molecule has 1 aliphatic carbocycles. The zero-order valence-corrected chi connectivity index (χ0v) is 41.9. The van der Waals surface area contributed by atoms with Gasteiger partial charge in [-0.3, -0.25) is 0 Å². The summed E-state index contributed by atoms with van der Waals surface area (Å²) in [5.41, 5.74) is 17.6. The van der Waals surface area contributed by atoms with Crippen molar-refractivity contribution in [2.75, 3.05) is 9.80 Å². The Labute approximate surface area is 426 Å². The van der Waals surface area contributed by atoms with Gasteiger partial charge in [-0.1, -0.05) is 144 Å². The topological polar surface area (TPSA) is 43.4 Å². The van der Waals surface area contributed by atoms with E-state index in [1.54, 1.807) is 0 Å². The summed E-state index contributed by atoms with van der Waals surface area (Å²) in [6, 6.07) is 67.1. The average Bonchev–Trinajstić information content (AvgIpc) is 3.40. The van der Waals surface area contributed by atoms with E-state index in [1.165, 1.54) is 76.7 Å². The van der Waals surface area contributed by atoms with Crippen LogP contribution in [0.2, 0.25) is 0 Å². The summed E-state index contributed by atoms with van der Waals surface area (Å²) in [5.74, 6) is 7.08. The van der Waals surface area contributed by atoms with Gasteiger partial charge in [0.05, 0.1) is 11.7 Å². The first-order valence-corrected chi connectivity index (χ1v) is 27.5. The van der Waals surface area contributed by atoms with Gasteiger partial charge in [-0.25, -0.2) is 0 Å². The predicted octanol–water partition coefficient (Wildman–Crippen LogP) is 8.80. The normalized spacial score (nSPS) is 17.0. The molecule has 0 fully saturated rings. The van der Waals surface area contributed by atoms with Crippen molar-refractivity contribution in [1.82, 2.24) is 0 Å². The highest BCUT2D eigenvalue weighted by atomic mass is 28.3. The third kappa shape index (κ3) is 5.60. The van der Waals surface area contributed by atoms with Crippen LogP contribution in [0.25, 0.3) is 0 Å². The molecule has 6 nitrogen and oxygen atoms in total. The van der Waals surface area contributed by atoms with E-state index in [9.17, 15) is 0 Å². The highest BCUT2D eigenvalue weighted by Gasteiger charge is 2.56. The Hall–Kier alpha value is -8.39. The predicted molar refractivity (Wildman–Crippen MR) is 300 cm³/mol. The summed E-state index contributed by atoms with van der Waals surface area (Å²) in [4.78, 5) is 5.11. The molecular weight excluding hydrogens is 910 g/mol. The Morgan fingerprint density at radius 1 is 0.425 bits per heavy atom. The molecule has 346 valence electrons. The molecule has 9 aromatic rings.